The van der Waals surface area contributed by atoms with Gasteiger partial charge in [0.25, 0.3) is 5.91 Å². The van der Waals surface area contributed by atoms with Crippen molar-refractivity contribution in [2.24, 2.45) is 5.10 Å². The summed E-state index contributed by atoms with van der Waals surface area (Å²) in [5.41, 5.74) is 3.28. The van der Waals surface area contributed by atoms with Gasteiger partial charge in [-0.25, -0.2) is 5.43 Å². The Morgan fingerprint density at radius 3 is 2.52 bits per heavy atom. The van der Waals surface area contributed by atoms with Crippen LogP contribution in [0.1, 0.15) is 12.5 Å². The smallest absolute Gasteiger partial charge is 0.280 e. The second-order valence-electron chi connectivity index (χ2n) is 4.36. The lowest BCUT2D eigenvalue weighted by Crippen LogP contribution is -2.33. The van der Waals surface area contributed by atoms with Crippen LogP contribution in [0.25, 0.3) is 0 Å². The molecule has 1 N–H and O–H groups in total. The van der Waals surface area contributed by atoms with Crippen molar-refractivity contribution in [1.82, 2.24) is 5.43 Å². The Kier molecular flexibility index (Phi) is 5.35. The van der Waals surface area contributed by atoms with Crippen LogP contribution in [0.15, 0.2) is 59.7 Å². The number of nitrogens with one attached hydrogen (secondary N) is 1. The minimum atomic E-state index is -0.630. The number of hydrogen-bond donors (Lipinski definition) is 1. The van der Waals surface area contributed by atoms with E-state index in [-0.39, 0.29) is 5.91 Å². The quantitative estimate of drug-likeness (QED) is 0.681. The van der Waals surface area contributed by atoms with E-state index in [9.17, 15) is 4.79 Å². The first-order valence-corrected chi connectivity index (χ1v) is 6.83. The number of hydrazone groups is 1. The molecular formula is C16H15ClN2O2. The summed E-state index contributed by atoms with van der Waals surface area (Å²) in [5.74, 6) is 0.325. The molecule has 0 aromatic heterocycles. The highest BCUT2D eigenvalue weighted by Crippen LogP contribution is 2.10. The molecule has 108 valence electrons. The molecule has 21 heavy (non-hydrogen) atoms. The molecule has 2 aromatic carbocycles. The van der Waals surface area contributed by atoms with Crippen LogP contribution < -0.4 is 10.2 Å². The van der Waals surface area contributed by atoms with Crippen LogP contribution >= 0.6 is 11.6 Å². The van der Waals surface area contributed by atoms with Crippen molar-refractivity contribution in [3.05, 3.63) is 65.2 Å². The van der Waals surface area contributed by atoms with Gasteiger partial charge in [0.1, 0.15) is 5.75 Å². The maximum atomic E-state index is 11.8. The van der Waals surface area contributed by atoms with Crippen LogP contribution in [0.5, 0.6) is 5.75 Å². The second-order valence-corrected chi connectivity index (χ2v) is 4.80. The zero-order valence-electron chi connectivity index (χ0n) is 11.5. The molecule has 0 heterocycles. The number of benzene rings is 2. The molecule has 0 radical (unpaired) electrons. The van der Waals surface area contributed by atoms with Gasteiger partial charge in [-0.05, 0) is 36.8 Å². The zero-order chi connectivity index (χ0) is 15.1. The van der Waals surface area contributed by atoms with Crippen molar-refractivity contribution < 1.29 is 9.53 Å². The molecule has 0 fully saturated rings. The summed E-state index contributed by atoms with van der Waals surface area (Å²) < 4.78 is 5.49. The van der Waals surface area contributed by atoms with Crippen molar-refractivity contribution in [3.63, 3.8) is 0 Å². The minimum Gasteiger partial charge on any atom is -0.481 e. The first-order valence-electron chi connectivity index (χ1n) is 6.45. The standard InChI is InChI=1S/C16H15ClN2O2/c1-12(21-15-5-3-2-4-6-15)16(20)19-18-11-13-7-9-14(17)10-8-13/h2-12H,1H3,(H,19,20)/b18-11-/t12-/m0/s1. The monoisotopic (exact) mass is 302 g/mol. The number of carbonyl (C=O) groups excluding carboxylic acids is 1. The molecule has 0 aliphatic rings. The molecule has 0 saturated carbocycles. The predicted octanol–water partition coefficient (Wildman–Crippen LogP) is 3.26. The van der Waals surface area contributed by atoms with Crippen LogP contribution in [0.3, 0.4) is 0 Å². The normalized spacial score (nSPS) is 12.1. The third-order valence-corrected chi connectivity index (χ3v) is 2.94. The fraction of sp³-hybridized carbons (Fsp3) is 0.125. The lowest BCUT2D eigenvalue weighted by molar-refractivity contribution is -0.127. The molecule has 0 saturated heterocycles. The van der Waals surface area contributed by atoms with Crippen molar-refractivity contribution in [2.75, 3.05) is 0 Å². The molecule has 0 bridgehead atoms. The number of para-hydroxylation sites is 1. The molecule has 2 rings (SSSR count). The van der Waals surface area contributed by atoms with Crippen molar-refractivity contribution in [1.29, 1.82) is 0 Å². The lowest BCUT2D eigenvalue weighted by atomic mass is 10.2. The number of carbonyl (C=O) groups is 1. The van der Waals surface area contributed by atoms with E-state index < -0.39 is 6.10 Å². The Hall–Kier alpha value is -2.33. The van der Waals surface area contributed by atoms with Crippen LogP contribution in [0, 0.1) is 0 Å². The number of halogens is 1. The van der Waals surface area contributed by atoms with E-state index in [1.165, 1.54) is 0 Å². The maximum Gasteiger partial charge on any atom is 0.280 e. The maximum absolute atomic E-state index is 11.8. The third-order valence-electron chi connectivity index (χ3n) is 2.68. The molecular weight excluding hydrogens is 288 g/mol. The van der Waals surface area contributed by atoms with Gasteiger partial charge in [-0.3, -0.25) is 4.79 Å². The third kappa shape index (κ3) is 4.93. The van der Waals surface area contributed by atoms with Gasteiger partial charge in [-0.15, -0.1) is 0 Å². The van der Waals surface area contributed by atoms with Crippen molar-refractivity contribution in [2.45, 2.75) is 13.0 Å². The molecule has 0 aliphatic carbocycles. The highest BCUT2D eigenvalue weighted by molar-refractivity contribution is 6.30. The lowest BCUT2D eigenvalue weighted by Gasteiger charge is -2.12. The average Bonchev–Trinajstić information content (AvgIpc) is 2.50. The van der Waals surface area contributed by atoms with Gasteiger partial charge in [0.15, 0.2) is 6.10 Å². The summed E-state index contributed by atoms with van der Waals surface area (Å²) in [6, 6.07) is 16.3. The largest absolute Gasteiger partial charge is 0.481 e. The first kappa shape index (κ1) is 15.1. The average molecular weight is 303 g/mol. The molecule has 0 unspecified atom stereocenters. The van der Waals surface area contributed by atoms with Crippen molar-refractivity contribution in [3.8, 4) is 5.75 Å². The molecule has 4 nitrogen and oxygen atoms in total. The number of hydrogen-bond acceptors (Lipinski definition) is 3. The molecule has 5 heteroatoms. The Morgan fingerprint density at radius 2 is 1.86 bits per heavy atom. The van der Waals surface area contributed by atoms with E-state index >= 15 is 0 Å². The fourth-order valence-corrected chi connectivity index (χ4v) is 1.69. The van der Waals surface area contributed by atoms with Gasteiger partial charge in [0, 0.05) is 5.02 Å². The summed E-state index contributed by atoms with van der Waals surface area (Å²) in [7, 11) is 0. The summed E-state index contributed by atoms with van der Waals surface area (Å²) in [4.78, 5) is 11.8. The van der Waals surface area contributed by atoms with Crippen LogP contribution in [0.4, 0.5) is 0 Å². The number of nitrogens with zero attached hydrogens (tertiary/aromatic N) is 1. The highest BCUT2D eigenvalue weighted by Gasteiger charge is 2.13. The molecule has 0 spiro atoms. The second kappa shape index (κ2) is 7.45. The van der Waals surface area contributed by atoms with Gasteiger partial charge in [0.2, 0.25) is 0 Å². The van der Waals surface area contributed by atoms with Gasteiger partial charge in [-0.2, -0.15) is 5.10 Å². The van der Waals surface area contributed by atoms with Crippen LogP contribution in [-0.4, -0.2) is 18.2 Å². The zero-order valence-corrected chi connectivity index (χ0v) is 12.2. The summed E-state index contributed by atoms with van der Waals surface area (Å²) in [5, 5.41) is 4.54. The summed E-state index contributed by atoms with van der Waals surface area (Å²) >= 11 is 5.78. The number of amides is 1. The topological polar surface area (TPSA) is 50.7 Å². The summed E-state index contributed by atoms with van der Waals surface area (Å²) in [6.45, 7) is 1.67. The van der Waals surface area contributed by atoms with Gasteiger partial charge >= 0.3 is 0 Å². The number of rotatable bonds is 5. The van der Waals surface area contributed by atoms with E-state index in [2.05, 4.69) is 10.5 Å². The van der Waals surface area contributed by atoms with E-state index in [4.69, 9.17) is 16.3 Å². The molecule has 1 amide bonds. The van der Waals surface area contributed by atoms with E-state index in [0.29, 0.717) is 10.8 Å². The van der Waals surface area contributed by atoms with Gasteiger partial charge < -0.3 is 4.74 Å². The van der Waals surface area contributed by atoms with Crippen LogP contribution in [0.2, 0.25) is 5.02 Å². The first-order chi connectivity index (χ1) is 10.1. The Bertz CT molecular complexity index is 612. The van der Waals surface area contributed by atoms with Crippen molar-refractivity contribution >= 4 is 23.7 Å². The molecule has 2 aromatic rings. The molecule has 0 aliphatic heterocycles. The van der Waals surface area contributed by atoms with E-state index in [0.717, 1.165) is 5.56 Å². The van der Waals surface area contributed by atoms with Gasteiger partial charge in [-0.1, -0.05) is 41.9 Å². The van der Waals surface area contributed by atoms with Gasteiger partial charge in [0.05, 0.1) is 6.21 Å². The Balaban J connectivity index is 1.85. The van der Waals surface area contributed by atoms with Crippen LogP contribution in [-0.2, 0) is 4.79 Å². The highest BCUT2D eigenvalue weighted by atomic mass is 35.5. The summed E-state index contributed by atoms with van der Waals surface area (Å²) in [6.07, 6.45) is 0.915. The SMILES string of the molecule is C[C@H](Oc1ccccc1)C(=O)N/N=C\c1ccc(Cl)cc1. The van der Waals surface area contributed by atoms with E-state index in [1.54, 1.807) is 37.4 Å². The fourth-order valence-electron chi connectivity index (χ4n) is 1.57. The Labute approximate surface area is 128 Å². The van der Waals surface area contributed by atoms with E-state index in [1.807, 2.05) is 30.3 Å². The Morgan fingerprint density at radius 1 is 1.19 bits per heavy atom. The molecule has 1 atom stereocenters. The minimum absolute atomic E-state index is 0.316. The predicted molar refractivity (Wildman–Crippen MR) is 83.7 cm³/mol. The number of ether oxygens (including phenoxy) is 1.